The Morgan fingerprint density at radius 2 is 1.95 bits per heavy atom. The van der Waals surface area contributed by atoms with Crippen molar-refractivity contribution in [3.63, 3.8) is 0 Å². The third-order valence-electron chi connectivity index (χ3n) is 4.64. The van der Waals surface area contributed by atoms with Crippen molar-refractivity contribution in [2.24, 2.45) is 5.92 Å². The van der Waals surface area contributed by atoms with E-state index >= 15 is 0 Å². The van der Waals surface area contributed by atoms with Gasteiger partial charge in [-0.15, -0.1) is 0 Å². The summed E-state index contributed by atoms with van der Waals surface area (Å²) in [4.78, 5) is 11.8. The molecule has 1 aliphatic carbocycles. The van der Waals surface area contributed by atoms with Crippen molar-refractivity contribution in [3.05, 3.63) is 17.7 Å². The van der Waals surface area contributed by atoms with Crippen molar-refractivity contribution in [2.75, 3.05) is 19.0 Å². The van der Waals surface area contributed by atoms with Crippen molar-refractivity contribution in [3.8, 4) is 0 Å². The van der Waals surface area contributed by atoms with Gasteiger partial charge in [-0.25, -0.2) is 9.97 Å². The first-order valence-corrected chi connectivity index (χ1v) is 8.26. The van der Waals surface area contributed by atoms with Gasteiger partial charge in [0.05, 0.1) is 17.6 Å². The van der Waals surface area contributed by atoms with Crippen LogP contribution in [0.2, 0.25) is 0 Å². The molecule has 1 N–H and O–H groups in total. The molecule has 0 radical (unpaired) electrons. The fourth-order valence-electron chi connectivity index (χ4n) is 3.12. The summed E-state index contributed by atoms with van der Waals surface area (Å²) in [6.07, 6.45) is 7.25. The first-order valence-electron chi connectivity index (χ1n) is 8.26. The van der Waals surface area contributed by atoms with Crippen molar-refractivity contribution < 1.29 is 0 Å². The van der Waals surface area contributed by atoms with Gasteiger partial charge in [-0.3, -0.25) is 0 Å². The maximum Gasteiger partial charge on any atom is 0.131 e. The Balaban J connectivity index is 2.20. The van der Waals surface area contributed by atoms with Gasteiger partial charge in [-0.2, -0.15) is 0 Å². The second-order valence-corrected chi connectivity index (χ2v) is 6.77. The number of nitrogens with zero attached hydrogens (tertiary/aromatic N) is 3. The standard InChI is InChI=1S/C17H30N4/c1-12(2)17-19-11-16(15(20-17)10-18-4)21(5)14-8-6-13(3)7-9-14/h11-14,18H,6-10H2,1-5H3. The summed E-state index contributed by atoms with van der Waals surface area (Å²) in [5, 5.41) is 3.24. The lowest BCUT2D eigenvalue weighted by Gasteiger charge is -2.35. The number of hydrogen-bond donors (Lipinski definition) is 1. The van der Waals surface area contributed by atoms with E-state index in [1.165, 1.54) is 31.4 Å². The Kier molecular flexibility index (Phi) is 5.57. The Morgan fingerprint density at radius 1 is 1.29 bits per heavy atom. The van der Waals surface area contributed by atoms with Gasteiger partial charge in [0.25, 0.3) is 0 Å². The van der Waals surface area contributed by atoms with E-state index in [0.29, 0.717) is 12.0 Å². The zero-order valence-electron chi connectivity index (χ0n) is 14.2. The van der Waals surface area contributed by atoms with Gasteiger partial charge in [0.2, 0.25) is 0 Å². The van der Waals surface area contributed by atoms with Crippen LogP contribution in [0.3, 0.4) is 0 Å². The molecule has 1 aliphatic rings. The molecule has 0 atom stereocenters. The van der Waals surface area contributed by atoms with Gasteiger partial charge in [-0.1, -0.05) is 20.8 Å². The summed E-state index contributed by atoms with van der Waals surface area (Å²) in [5.41, 5.74) is 2.31. The third-order valence-corrected chi connectivity index (χ3v) is 4.64. The summed E-state index contributed by atoms with van der Waals surface area (Å²) in [6.45, 7) is 7.45. The average molecular weight is 290 g/mol. The summed E-state index contributed by atoms with van der Waals surface area (Å²) in [5.74, 6) is 2.19. The van der Waals surface area contributed by atoms with E-state index in [1.54, 1.807) is 0 Å². The van der Waals surface area contributed by atoms with Crippen LogP contribution >= 0.6 is 0 Å². The minimum atomic E-state index is 0.371. The van der Waals surface area contributed by atoms with Gasteiger partial charge < -0.3 is 10.2 Å². The largest absolute Gasteiger partial charge is 0.369 e. The monoisotopic (exact) mass is 290 g/mol. The number of hydrogen-bond acceptors (Lipinski definition) is 4. The van der Waals surface area contributed by atoms with Gasteiger partial charge in [0.1, 0.15) is 5.82 Å². The van der Waals surface area contributed by atoms with E-state index in [2.05, 4.69) is 43.0 Å². The number of rotatable bonds is 5. The Bertz CT molecular complexity index is 450. The van der Waals surface area contributed by atoms with Crippen LogP contribution in [-0.2, 0) is 6.54 Å². The fourth-order valence-corrected chi connectivity index (χ4v) is 3.12. The minimum Gasteiger partial charge on any atom is -0.369 e. The van der Waals surface area contributed by atoms with Crippen molar-refractivity contribution >= 4 is 5.69 Å². The van der Waals surface area contributed by atoms with Gasteiger partial charge in [0.15, 0.2) is 0 Å². The second-order valence-electron chi connectivity index (χ2n) is 6.77. The van der Waals surface area contributed by atoms with Crippen LogP contribution in [0.1, 0.15) is 63.9 Å². The lowest BCUT2D eigenvalue weighted by Crippen LogP contribution is -2.36. The lowest BCUT2D eigenvalue weighted by atomic mass is 9.86. The van der Waals surface area contributed by atoms with E-state index in [4.69, 9.17) is 4.98 Å². The van der Waals surface area contributed by atoms with Gasteiger partial charge in [-0.05, 0) is 38.6 Å². The van der Waals surface area contributed by atoms with Crippen molar-refractivity contribution in [1.82, 2.24) is 15.3 Å². The molecule has 0 saturated heterocycles. The summed E-state index contributed by atoms with van der Waals surface area (Å²) in [6, 6.07) is 0.630. The Labute approximate surface area is 129 Å². The quantitative estimate of drug-likeness (QED) is 0.903. The molecule has 1 saturated carbocycles. The van der Waals surface area contributed by atoms with E-state index in [9.17, 15) is 0 Å². The van der Waals surface area contributed by atoms with E-state index in [-0.39, 0.29) is 0 Å². The third kappa shape index (κ3) is 3.94. The van der Waals surface area contributed by atoms with E-state index in [0.717, 1.165) is 24.0 Å². The average Bonchev–Trinajstić information content (AvgIpc) is 2.47. The highest BCUT2D eigenvalue weighted by atomic mass is 15.2. The van der Waals surface area contributed by atoms with Crippen LogP contribution in [0.25, 0.3) is 0 Å². The van der Waals surface area contributed by atoms with E-state index < -0.39 is 0 Å². The molecule has 1 fully saturated rings. The molecule has 0 aliphatic heterocycles. The first kappa shape index (κ1) is 16.2. The number of anilines is 1. The molecule has 0 spiro atoms. The van der Waals surface area contributed by atoms with Crippen LogP contribution in [0.15, 0.2) is 6.20 Å². The predicted molar refractivity (Wildman–Crippen MR) is 88.7 cm³/mol. The Hall–Kier alpha value is -1.16. The maximum absolute atomic E-state index is 4.78. The zero-order chi connectivity index (χ0) is 15.4. The molecule has 1 heterocycles. The molecule has 0 unspecified atom stereocenters. The smallest absolute Gasteiger partial charge is 0.131 e. The van der Waals surface area contributed by atoms with Crippen LogP contribution in [0.5, 0.6) is 0 Å². The molecule has 2 rings (SSSR count). The molecule has 0 amide bonds. The first-order chi connectivity index (χ1) is 10.0. The summed E-state index contributed by atoms with van der Waals surface area (Å²) >= 11 is 0. The van der Waals surface area contributed by atoms with Gasteiger partial charge in [0, 0.05) is 25.6 Å². The zero-order valence-corrected chi connectivity index (χ0v) is 14.2. The van der Waals surface area contributed by atoms with Crippen LogP contribution in [0, 0.1) is 5.92 Å². The molecule has 1 aromatic rings. The molecule has 4 nitrogen and oxygen atoms in total. The second kappa shape index (κ2) is 7.21. The molecule has 4 heteroatoms. The SMILES string of the molecule is CNCc1nc(C(C)C)ncc1N(C)C1CCC(C)CC1. The van der Waals surface area contributed by atoms with Crippen LogP contribution in [0.4, 0.5) is 5.69 Å². The summed E-state index contributed by atoms with van der Waals surface area (Å²) in [7, 11) is 4.18. The highest BCUT2D eigenvalue weighted by Gasteiger charge is 2.24. The summed E-state index contributed by atoms with van der Waals surface area (Å²) < 4.78 is 0. The highest BCUT2D eigenvalue weighted by Crippen LogP contribution is 2.30. The van der Waals surface area contributed by atoms with Crippen LogP contribution < -0.4 is 10.2 Å². The van der Waals surface area contributed by atoms with Crippen molar-refractivity contribution in [1.29, 1.82) is 0 Å². The normalized spacial score (nSPS) is 22.6. The molecule has 0 aromatic carbocycles. The van der Waals surface area contributed by atoms with Crippen LogP contribution in [-0.4, -0.2) is 30.1 Å². The predicted octanol–water partition coefficient (Wildman–Crippen LogP) is 3.33. The molecule has 1 aromatic heterocycles. The number of nitrogens with one attached hydrogen (secondary N) is 1. The molecule has 0 bridgehead atoms. The minimum absolute atomic E-state index is 0.371. The fraction of sp³-hybridized carbons (Fsp3) is 0.765. The lowest BCUT2D eigenvalue weighted by molar-refractivity contribution is 0.340. The van der Waals surface area contributed by atoms with Crippen molar-refractivity contribution in [2.45, 2.75) is 65.0 Å². The highest BCUT2D eigenvalue weighted by molar-refractivity contribution is 5.49. The molecule has 118 valence electrons. The van der Waals surface area contributed by atoms with Gasteiger partial charge >= 0.3 is 0 Å². The Morgan fingerprint density at radius 3 is 2.52 bits per heavy atom. The molecular formula is C17H30N4. The van der Waals surface area contributed by atoms with E-state index in [1.807, 2.05) is 13.2 Å². The maximum atomic E-state index is 4.78. The number of aromatic nitrogens is 2. The topological polar surface area (TPSA) is 41.1 Å². The molecule has 21 heavy (non-hydrogen) atoms. The molecular weight excluding hydrogens is 260 g/mol.